The Balaban J connectivity index is 1.85. The first-order chi connectivity index (χ1) is 12.0. The van der Waals surface area contributed by atoms with Crippen molar-refractivity contribution < 1.29 is 9.32 Å². The number of rotatable bonds is 6. The van der Waals surface area contributed by atoms with Crippen LogP contribution in [0.1, 0.15) is 32.5 Å². The van der Waals surface area contributed by atoms with Gasteiger partial charge in [0.2, 0.25) is 11.8 Å². The van der Waals surface area contributed by atoms with E-state index in [1.807, 2.05) is 20.8 Å². The summed E-state index contributed by atoms with van der Waals surface area (Å²) in [6.45, 7) is 12.7. The predicted octanol–water partition coefficient (Wildman–Crippen LogP) is -0.0143. The molecule has 1 fully saturated rings. The van der Waals surface area contributed by atoms with Crippen molar-refractivity contribution >= 4 is 11.9 Å². The van der Waals surface area contributed by atoms with Gasteiger partial charge in [0.25, 0.3) is 0 Å². The van der Waals surface area contributed by atoms with E-state index in [1.54, 1.807) is 6.92 Å². The summed E-state index contributed by atoms with van der Waals surface area (Å²) >= 11 is 0. The molecule has 1 aliphatic rings. The average molecular weight is 351 g/mol. The summed E-state index contributed by atoms with van der Waals surface area (Å²) in [5, 5.41) is 10.1. The number of nitrogens with zero attached hydrogens (tertiary/aromatic N) is 5. The lowest BCUT2D eigenvalue weighted by Gasteiger charge is -2.36. The summed E-state index contributed by atoms with van der Waals surface area (Å²) < 4.78 is 4.97. The molecule has 1 saturated heterocycles. The molecule has 2 rings (SSSR count). The summed E-state index contributed by atoms with van der Waals surface area (Å²) in [5.74, 6) is 2.05. The topological polar surface area (TPSA) is 98.9 Å². The molecule has 0 aliphatic carbocycles. The molecular formula is C16H29N7O2. The first kappa shape index (κ1) is 19.2. The molecule has 0 radical (unpaired) electrons. The molecule has 9 heteroatoms. The Morgan fingerprint density at radius 3 is 2.60 bits per heavy atom. The third-order valence-corrected chi connectivity index (χ3v) is 3.76. The van der Waals surface area contributed by atoms with Crippen LogP contribution in [0.3, 0.4) is 0 Å². The van der Waals surface area contributed by atoms with Crippen LogP contribution in [-0.4, -0.2) is 77.1 Å². The van der Waals surface area contributed by atoms with Gasteiger partial charge in [-0.05, 0) is 20.8 Å². The van der Waals surface area contributed by atoms with Crippen LogP contribution in [0.2, 0.25) is 0 Å². The van der Waals surface area contributed by atoms with Gasteiger partial charge in [0, 0.05) is 45.7 Å². The Bertz CT molecular complexity index is 577. The molecule has 0 atom stereocenters. The summed E-state index contributed by atoms with van der Waals surface area (Å²) in [4.78, 5) is 25.0. The normalized spacial score (nSPS) is 16.4. The van der Waals surface area contributed by atoms with Crippen LogP contribution in [0.5, 0.6) is 0 Å². The van der Waals surface area contributed by atoms with E-state index < -0.39 is 0 Å². The van der Waals surface area contributed by atoms with Gasteiger partial charge in [0.05, 0.1) is 6.54 Å². The minimum atomic E-state index is 0.0801. The van der Waals surface area contributed by atoms with Gasteiger partial charge >= 0.3 is 0 Å². The third-order valence-electron chi connectivity index (χ3n) is 3.76. The second kappa shape index (κ2) is 9.36. The molecule has 1 amide bonds. The maximum Gasteiger partial charge on any atom is 0.234 e. The Hall–Kier alpha value is -2.16. The minimum Gasteiger partial charge on any atom is -0.357 e. The molecule has 1 aromatic rings. The van der Waals surface area contributed by atoms with E-state index in [1.165, 1.54) is 0 Å². The van der Waals surface area contributed by atoms with Gasteiger partial charge in [0.15, 0.2) is 11.8 Å². The van der Waals surface area contributed by atoms with Crippen molar-refractivity contribution in [2.24, 2.45) is 4.99 Å². The van der Waals surface area contributed by atoms with Crippen molar-refractivity contribution in [3.05, 3.63) is 11.7 Å². The van der Waals surface area contributed by atoms with E-state index in [-0.39, 0.29) is 11.9 Å². The number of hydrogen-bond acceptors (Lipinski definition) is 6. The largest absolute Gasteiger partial charge is 0.357 e. The zero-order chi connectivity index (χ0) is 18.2. The molecule has 0 aromatic carbocycles. The zero-order valence-electron chi connectivity index (χ0n) is 15.6. The molecule has 0 unspecified atom stereocenters. The summed E-state index contributed by atoms with van der Waals surface area (Å²) in [7, 11) is 0. The molecule has 2 N–H and O–H groups in total. The first-order valence-corrected chi connectivity index (χ1v) is 8.82. The first-order valence-electron chi connectivity index (χ1n) is 8.82. The van der Waals surface area contributed by atoms with Gasteiger partial charge in [-0.1, -0.05) is 5.16 Å². The number of carbonyl (C=O) groups is 1. The quantitative estimate of drug-likeness (QED) is 0.549. The SMILES string of the molecule is CCNC(=NCc1noc(C)n1)N1CCN(CC(=O)NC(C)C)CC1. The van der Waals surface area contributed by atoms with Crippen LogP contribution in [-0.2, 0) is 11.3 Å². The summed E-state index contributed by atoms with van der Waals surface area (Å²) in [5.41, 5.74) is 0. The van der Waals surface area contributed by atoms with Crippen LogP contribution in [0.15, 0.2) is 9.52 Å². The van der Waals surface area contributed by atoms with Crippen LogP contribution in [0.25, 0.3) is 0 Å². The van der Waals surface area contributed by atoms with Crippen molar-refractivity contribution in [2.75, 3.05) is 39.3 Å². The third kappa shape index (κ3) is 6.33. The van der Waals surface area contributed by atoms with Crippen molar-refractivity contribution in [3.8, 4) is 0 Å². The average Bonchev–Trinajstić information content (AvgIpc) is 2.97. The van der Waals surface area contributed by atoms with Crippen molar-refractivity contribution in [1.29, 1.82) is 0 Å². The maximum absolute atomic E-state index is 11.9. The number of nitrogens with one attached hydrogen (secondary N) is 2. The number of aromatic nitrogens is 2. The standard InChI is InChI=1S/C16H29N7O2/c1-5-17-16(18-10-14-20-13(4)25-21-14)23-8-6-22(7-9-23)11-15(24)19-12(2)3/h12H,5-11H2,1-4H3,(H,17,18)(H,19,24). The highest BCUT2D eigenvalue weighted by Gasteiger charge is 2.21. The number of aliphatic imine (C=N–C) groups is 1. The fourth-order valence-electron chi connectivity index (χ4n) is 2.67. The molecule has 0 bridgehead atoms. The number of aryl methyl sites for hydroxylation is 1. The fourth-order valence-corrected chi connectivity index (χ4v) is 2.67. The predicted molar refractivity (Wildman–Crippen MR) is 95.1 cm³/mol. The molecule has 140 valence electrons. The van der Waals surface area contributed by atoms with Gasteiger partial charge < -0.3 is 20.1 Å². The van der Waals surface area contributed by atoms with Gasteiger partial charge in [-0.15, -0.1) is 0 Å². The number of guanidine groups is 1. The molecular weight excluding hydrogens is 322 g/mol. The van der Waals surface area contributed by atoms with E-state index in [2.05, 4.69) is 35.6 Å². The van der Waals surface area contributed by atoms with Gasteiger partial charge in [-0.3, -0.25) is 9.69 Å². The lowest BCUT2D eigenvalue weighted by Crippen LogP contribution is -2.54. The number of carbonyl (C=O) groups excluding carboxylic acids is 1. The second-order valence-electron chi connectivity index (χ2n) is 6.39. The Morgan fingerprint density at radius 1 is 1.32 bits per heavy atom. The second-order valence-corrected chi connectivity index (χ2v) is 6.39. The lowest BCUT2D eigenvalue weighted by molar-refractivity contribution is -0.123. The van der Waals surface area contributed by atoms with Crippen molar-refractivity contribution in [2.45, 2.75) is 40.3 Å². The molecule has 9 nitrogen and oxygen atoms in total. The molecule has 2 heterocycles. The monoisotopic (exact) mass is 351 g/mol. The fraction of sp³-hybridized carbons (Fsp3) is 0.750. The number of amides is 1. The highest BCUT2D eigenvalue weighted by molar-refractivity contribution is 5.80. The minimum absolute atomic E-state index is 0.0801. The zero-order valence-corrected chi connectivity index (χ0v) is 15.6. The molecule has 1 aromatic heterocycles. The van der Waals surface area contributed by atoms with E-state index in [0.29, 0.717) is 24.8 Å². The van der Waals surface area contributed by atoms with E-state index >= 15 is 0 Å². The molecule has 0 spiro atoms. The highest BCUT2D eigenvalue weighted by atomic mass is 16.5. The molecule has 1 aliphatic heterocycles. The Labute approximate surface area is 148 Å². The van der Waals surface area contributed by atoms with E-state index in [4.69, 9.17) is 4.52 Å². The summed E-state index contributed by atoms with van der Waals surface area (Å²) in [6, 6.07) is 0.176. The van der Waals surface area contributed by atoms with Crippen LogP contribution in [0, 0.1) is 6.92 Å². The van der Waals surface area contributed by atoms with E-state index in [9.17, 15) is 4.79 Å². The lowest BCUT2D eigenvalue weighted by atomic mass is 10.3. The number of piperazine rings is 1. The number of hydrogen-bond donors (Lipinski definition) is 2. The highest BCUT2D eigenvalue weighted by Crippen LogP contribution is 2.04. The van der Waals surface area contributed by atoms with Crippen molar-refractivity contribution in [1.82, 2.24) is 30.6 Å². The van der Waals surface area contributed by atoms with E-state index in [0.717, 1.165) is 38.7 Å². The van der Waals surface area contributed by atoms with Gasteiger partial charge in [-0.25, -0.2) is 4.99 Å². The van der Waals surface area contributed by atoms with Gasteiger partial charge in [-0.2, -0.15) is 4.98 Å². The Kier molecular flexibility index (Phi) is 7.17. The van der Waals surface area contributed by atoms with Gasteiger partial charge in [0.1, 0.15) is 6.54 Å². The summed E-state index contributed by atoms with van der Waals surface area (Å²) in [6.07, 6.45) is 0. The van der Waals surface area contributed by atoms with Crippen LogP contribution >= 0.6 is 0 Å². The molecule has 0 saturated carbocycles. The Morgan fingerprint density at radius 2 is 2.04 bits per heavy atom. The van der Waals surface area contributed by atoms with Crippen LogP contribution < -0.4 is 10.6 Å². The smallest absolute Gasteiger partial charge is 0.234 e. The van der Waals surface area contributed by atoms with Crippen LogP contribution in [0.4, 0.5) is 0 Å². The maximum atomic E-state index is 11.9. The van der Waals surface area contributed by atoms with Crippen molar-refractivity contribution in [3.63, 3.8) is 0 Å². The molecule has 25 heavy (non-hydrogen) atoms.